The lowest BCUT2D eigenvalue weighted by molar-refractivity contribution is 0.968. The highest BCUT2D eigenvalue weighted by atomic mass is 32.1. The SMILES string of the molecule is Cc1nc(C=Cn2ncc3ccccc32)cs1. The summed E-state index contributed by atoms with van der Waals surface area (Å²) >= 11 is 1.65. The van der Waals surface area contributed by atoms with Crippen LogP contribution >= 0.6 is 11.3 Å². The third-order valence-corrected chi connectivity index (χ3v) is 3.32. The van der Waals surface area contributed by atoms with Crippen molar-refractivity contribution in [3.05, 3.63) is 46.5 Å². The molecular formula is C13H11N3S. The molecule has 0 fully saturated rings. The highest BCUT2D eigenvalue weighted by molar-refractivity contribution is 7.09. The van der Waals surface area contributed by atoms with Gasteiger partial charge in [0.25, 0.3) is 0 Å². The largest absolute Gasteiger partial charge is 0.242 e. The van der Waals surface area contributed by atoms with Gasteiger partial charge in [-0.1, -0.05) is 18.2 Å². The summed E-state index contributed by atoms with van der Waals surface area (Å²) in [5.41, 5.74) is 2.09. The highest BCUT2D eigenvalue weighted by Gasteiger charge is 1.98. The first-order chi connectivity index (χ1) is 8.33. The van der Waals surface area contributed by atoms with Crippen LogP contribution in [0.3, 0.4) is 0 Å². The molecular weight excluding hydrogens is 230 g/mol. The lowest BCUT2D eigenvalue weighted by Gasteiger charge is -1.94. The van der Waals surface area contributed by atoms with Crippen LogP contribution in [0.5, 0.6) is 0 Å². The van der Waals surface area contributed by atoms with Crippen LogP contribution in [0.4, 0.5) is 0 Å². The van der Waals surface area contributed by atoms with Gasteiger partial charge < -0.3 is 0 Å². The molecule has 17 heavy (non-hydrogen) atoms. The molecule has 0 aliphatic heterocycles. The Balaban J connectivity index is 1.97. The standard InChI is InChI=1S/C13H11N3S/c1-10-15-12(9-17-10)6-7-16-13-5-3-2-4-11(13)8-14-16/h2-9H,1H3. The fraction of sp³-hybridized carbons (Fsp3) is 0.0769. The van der Waals surface area contributed by atoms with Gasteiger partial charge in [0.1, 0.15) is 0 Å². The van der Waals surface area contributed by atoms with E-state index >= 15 is 0 Å². The third-order valence-electron chi connectivity index (χ3n) is 2.53. The number of thiazole rings is 1. The summed E-state index contributed by atoms with van der Waals surface area (Å²) in [5, 5.41) is 8.59. The van der Waals surface area contributed by atoms with E-state index in [-0.39, 0.29) is 0 Å². The van der Waals surface area contributed by atoms with Gasteiger partial charge >= 0.3 is 0 Å². The average molecular weight is 241 g/mol. The van der Waals surface area contributed by atoms with Gasteiger partial charge in [0, 0.05) is 17.0 Å². The molecule has 0 amide bonds. The van der Waals surface area contributed by atoms with Gasteiger partial charge in [-0.25, -0.2) is 9.67 Å². The average Bonchev–Trinajstić information content (AvgIpc) is 2.93. The smallest absolute Gasteiger partial charge is 0.0901 e. The zero-order chi connectivity index (χ0) is 11.7. The first-order valence-electron chi connectivity index (χ1n) is 5.35. The summed E-state index contributed by atoms with van der Waals surface area (Å²) in [5.74, 6) is 0. The molecule has 2 heterocycles. The van der Waals surface area contributed by atoms with Crippen molar-refractivity contribution in [1.29, 1.82) is 0 Å². The zero-order valence-electron chi connectivity index (χ0n) is 9.37. The molecule has 0 radical (unpaired) electrons. The fourth-order valence-corrected chi connectivity index (χ4v) is 2.30. The number of nitrogens with zero attached hydrogens (tertiary/aromatic N) is 3. The lowest BCUT2D eigenvalue weighted by Crippen LogP contribution is -1.87. The van der Waals surface area contributed by atoms with E-state index in [1.807, 2.05) is 47.6 Å². The van der Waals surface area contributed by atoms with Crippen LogP contribution < -0.4 is 0 Å². The Bertz CT molecular complexity index is 679. The quantitative estimate of drug-likeness (QED) is 0.688. The molecule has 4 heteroatoms. The normalized spacial score (nSPS) is 11.6. The molecule has 2 aromatic heterocycles. The Hall–Kier alpha value is -1.94. The molecule has 1 aromatic carbocycles. The Labute approximate surface area is 103 Å². The van der Waals surface area contributed by atoms with E-state index in [4.69, 9.17) is 0 Å². The molecule has 3 aromatic rings. The monoisotopic (exact) mass is 241 g/mol. The zero-order valence-corrected chi connectivity index (χ0v) is 10.2. The Morgan fingerprint density at radius 3 is 3.00 bits per heavy atom. The van der Waals surface area contributed by atoms with Crippen LogP contribution in [0.2, 0.25) is 0 Å². The van der Waals surface area contributed by atoms with E-state index in [1.165, 1.54) is 0 Å². The second-order valence-electron chi connectivity index (χ2n) is 3.76. The second-order valence-corrected chi connectivity index (χ2v) is 4.82. The summed E-state index contributed by atoms with van der Waals surface area (Å²) in [6, 6.07) is 8.14. The highest BCUT2D eigenvalue weighted by Crippen LogP contribution is 2.14. The van der Waals surface area contributed by atoms with E-state index < -0.39 is 0 Å². The number of benzene rings is 1. The van der Waals surface area contributed by atoms with Crippen LogP contribution in [0.25, 0.3) is 23.2 Å². The van der Waals surface area contributed by atoms with E-state index in [0.29, 0.717) is 0 Å². The molecule has 0 atom stereocenters. The maximum Gasteiger partial charge on any atom is 0.0901 e. The van der Waals surface area contributed by atoms with Crippen LogP contribution in [-0.4, -0.2) is 14.8 Å². The van der Waals surface area contributed by atoms with Crippen molar-refractivity contribution in [3.8, 4) is 0 Å². The Morgan fingerprint density at radius 1 is 1.29 bits per heavy atom. The summed E-state index contributed by atoms with van der Waals surface area (Å²) in [7, 11) is 0. The molecule has 0 spiro atoms. The van der Waals surface area contributed by atoms with Crippen molar-refractivity contribution in [1.82, 2.24) is 14.8 Å². The Morgan fingerprint density at radius 2 is 2.18 bits per heavy atom. The van der Waals surface area contributed by atoms with Crippen molar-refractivity contribution in [2.75, 3.05) is 0 Å². The van der Waals surface area contributed by atoms with Crippen LogP contribution in [0.15, 0.2) is 35.8 Å². The minimum atomic E-state index is 0.979. The van der Waals surface area contributed by atoms with Crippen molar-refractivity contribution < 1.29 is 0 Å². The van der Waals surface area contributed by atoms with Crippen LogP contribution in [0.1, 0.15) is 10.7 Å². The van der Waals surface area contributed by atoms with Gasteiger partial charge in [-0.05, 0) is 19.1 Å². The van der Waals surface area contributed by atoms with Gasteiger partial charge in [0.2, 0.25) is 0 Å². The molecule has 0 aliphatic carbocycles. The van der Waals surface area contributed by atoms with E-state index in [9.17, 15) is 0 Å². The van der Waals surface area contributed by atoms with Gasteiger partial charge in [-0.15, -0.1) is 11.3 Å². The van der Waals surface area contributed by atoms with Gasteiger partial charge in [-0.3, -0.25) is 0 Å². The summed E-state index contributed by atoms with van der Waals surface area (Å²) < 4.78 is 1.87. The molecule has 0 bridgehead atoms. The first-order valence-corrected chi connectivity index (χ1v) is 6.23. The summed E-state index contributed by atoms with van der Waals surface area (Å²) in [4.78, 5) is 4.38. The molecule has 3 rings (SSSR count). The number of aryl methyl sites for hydroxylation is 1. The van der Waals surface area contributed by atoms with Gasteiger partial charge in [-0.2, -0.15) is 5.10 Å². The van der Waals surface area contributed by atoms with E-state index in [0.717, 1.165) is 21.6 Å². The predicted octanol–water partition coefficient (Wildman–Crippen LogP) is 3.43. The minimum absolute atomic E-state index is 0.979. The third kappa shape index (κ3) is 1.99. The second kappa shape index (κ2) is 4.14. The number of hydrogen-bond donors (Lipinski definition) is 0. The summed E-state index contributed by atoms with van der Waals surface area (Å²) in [6.07, 6.45) is 5.78. The van der Waals surface area contributed by atoms with Crippen molar-refractivity contribution >= 4 is 34.5 Å². The van der Waals surface area contributed by atoms with Crippen LogP contribution in [-0.2, 0) is 0 Å². The summed E-state index contributed by atoms with van der Waals surface area (Å²) in [6.45, 7) is 2.01. The van der Waals surface area contributed by atoms with E-state index in [2.05, 4.69) is 22.2 Å². The van der Waals surface area contributed by atoms with E-state index in [1.54, 1.807) is 11.3 Å². The molecule has 0 N–H and O–H groups in total. The van der Waals surface area contributed by atoms with Gasteiger partial charge in [0.15, 0.2) is 0 Å². The molecule has 0 aliphatic rings. The molecule has 0 unspecified atom stereocenters. The lowest BCUT2D eigenvalue weighted by atomic mass is 10.3. The molecule has 0 saturated heterocycles. The Kier molecular flexibility index (Phi) is 2.49. The number of aromatic nitrogens is 3. The van der Waals surface area contributed by atoms with Crippen molar-refractivity contribution in [3.63, 3.8) is 0 Å². The maximum absolute atomic E-state index is 4.38. The number of rotatable bonds is 2. The topological polar surface area (TPSA) is 30.7 Å². The molecule has 0 saturated carbocycles. The van der Waals surface area contributed by atoms with Crippen molar-refractivity contribution in [2.24, 2.45) is 0 Å². The fourth-order valence-electron chi connectivity index (χ4n) is 1.71. The van der Waals surface area contributed by atoms with Crippen molar-refractivity contribution in [2.45, 2.75) is 6.92 Å². The van der Waals surface area contributed by atoms with Gasteiger partial charge in [0.05, 0.1) is 22.4 Å². The van der Waals surface area contributed by atoms with Crippen LogP contribution in [0, 0.1) is 6.92 Å². The number of hydrogen-bond acceptors (Lipinski definition) is 3. The molecule has 3 nitrogen and oxygen atoms in total. The molecule has 84 valence electrons. The number of fused-ring (bicyclic) bond motifs is 1. The number of para-hydroxylation sites is 1. The maximum atomic E-state index is 4.38. The minimum Gasteiger partial charge on any atom is -0.242 e. The first kappa shape index (κ1) is 10.2. The predicted molar refractivity (Wildman–Crippen MR) is 71.8 cm³/mol.